The van der Waals surface area contributed by atoms with E-state index in [0.29, 0.717) is 13.0 Å². The van der Waals surface area contributed by atoms with Gasteiger partial charge in [0.2, 0.25) is 5.91 Å². The van der Waals surface area contributed by atoms with Crippen LogP contribution in [0.1, 0.15) is 43.2 Å². The standard InChI is InChI=1S/C18H26N2O3/c1-19-16(21)6-3-5-14-7-9-15(10-8-14)13-20-18(11-4-12-18)17(22)23-2/h7-10,20H,3-6,11-13H2,1-2H3,(H,19,21). The van der Waals surface area contributed by atoms with Crippen LogP contribution in [0.3, 0.4) is 0 Å². The maximum atomic E-state index is 11.9. The van der Waals surface area contributed by atoms with E-state index in [4.69, 9.17) is 4.74 Å². The molecule has 2 rings (SSSR count). The normalized spacial score (nSPS) is 15.6. The van der Waals surface area contributed by atoms with E-state index in [0.717, 1.165) is 37.7 Å². The van der Waals surface area contributed by atoms with Crippen molar-refractivity contribution in [2.24, 2.45) is 0 Å². The van der Waals surface area contributed by atoms with Crippen molar-refractivity contribution in [3.8, 4) is 0 Å². The lowest BCUT2D eigenvalue weighted by Crippen LogP contribution is -2.57. The summed E-state index contributed by atoms with van der Waals surface area (Å²) in [5.41, 5.74) is 1.89. The highest BCUT2D eigenvalue weighted by molar-refractivity contribution is 5.81. The van der Waals surface area contributed by atoms with Gasteiger partial charge in [-0.25, -0.2) is 0 Å². The summed E-state index contributed by atoms with van der Waals surface area (Å²) >= 11 is 0. The molecule has 126 valence electrons. The zero-order valence-corrected chi connectivity index (χ0v) is 14.0. The number of ether oxygens (including phenoxy) is 1. The highest BCUT2D eigenvalue weighted by Crippen LogP contribution is 2.33. The molecule has 1 aromatic rings. The zero-order valence-electron chi connectivity index (χ0n) is 14.0. The highest BCUT2D eigenvalue weighted by Gasteiger charge is 2.44. The first kappa shape index (κ1) is 17.5. The summed E-state index contributed by atoms with van der Waals surface area (Å²) in [6, 6.07) is 8.33. The Bertz CT molecular complexity index is 536. The van der Waals surface area contributed by atoms with E-state index in [2.05, 4.69) is 34.9 Å². The zero-order chi connectivity index (χ0) is 16.7. The van der Waals surface area contributed by atoms with E-state index in [1.165, 1.54) is 12.7 Å². The first-order valence-electron chi connectivity index (χ1n) is 8.21. The van der Waals surface area contributed by atoms with Crippen LogP contribution < -0.4 is 10.6 Å². The molecule has 0 heterocycles. The van der Waals surface area contributed by atoms with Crippen molar-refractivity contribution in [3.05, 3.63) is 35.4 Å². The second kappa shape index (κ2) is 8.11. The van der Waals surface area contributed by atoms with Crippen LogP contribution in [0.15, 0.2) is 24.3 Å². The van der Waals surface area contributed by atoms with Crippen LogP contribution in [0.2, 0.25) is 0 Å². The third-order valence-corrected chi connectivity index (χ3v) is 4.59. The Morgan fingerprint density at radius 2 is 1.83 bits per heavy atom. The summed E-state index contributed by atoms with van der Waals surface area (Å²) in [6.07, 6.45) is 5.05. The lowest BCUT2D eigenvalue weighted by atomic mass is 9.76. The summed E-state index contributed by atoms with van der Waals surface area (Å²) in [5, 5.41) is 5.99. The van der Waals surface area contributed by atoms with E-state index in [1.54, 1.807) is 7.05 Å². The fourth-order valence-electron chi connectivity index (χ4n) is 2.85. The minimum absolute atomic E-state index is 0.0828. The number of nitrogens with one attached hydrogen (secondary N) is 2. The smallest absolute Gasteiger partial charge is 0.326 e. The maximum Gasteiger partial charge on any atom is 0.326 e. The fraction of sp³-hybridized carbons (Fsp3) is 0.556. The fourth-order valence-corrected chi connectivity index (χ4v) is 2.85. The van der Waals surface area contributed by atoms with E-state index in [9.17, 15) is 9.59 Å². The van der Waals surface area contributed by atoms with Gasteiger partial charge in [-0.1, -0.05) is 24.3 Å². The van der Waals surface area contributed by atoms with Crippen molar-refractivity contribution in [1.82, 2.24) is 10.6 Å². The lowest BCUT2D eigenvalue weighted by molar-refractivity contribution is -0.152. The van der Waals surface area contributed by atoms with Gasteiger partial charge < -0.3 is 10.1 Å². The molecule has 0 unspecified atom stereocenters. The van der Waals surface area contributed by atoms with Gasteiger partial charge in [0.15, 0.2) is 0 Å². The van der Waals surface area contributed by atoms with Crippen LogP contribution in [0.5, 0.6) is 0 Å². The molecule has 0 radical (unpaired) electrons. The van der Waals surface area contributed by atoms with Crippen molar-refractivity contribution in [1.29, 1.82) is 0 Å². The monoisotopic (exact) mass is 318 g/mol. The number of esters is 1. The van der Waals surface area contributed by atoms with Gasteiger partial charge in [-0.15, -0.1) is 0 Å². The number of rotatable bonds is 8. The number of methoxy groups -OCH3 is 1. The van der Waals surface area contributed by atoms with Gasteiger partial charge in [-0.2, -0.15) is 0 Å². The molecule has 1 fully saturated rings. The Labute approximate surface area is 137 Å². The molecule has 1 amide bonds. The molecule has 5 heteroatoms. The van der Waals surface area contributed by atoms with Crippen molar-refractivity contribution in [2.75, 3.05) is 14.2 Å². The Morgan fingerprint density at radius 1 is 1.17 bits per heavy atom. The summed E-state index contributed by atoms with van der Waals surface area (Å²) in [4.78, 5) is 23.1. The van der Waals surface area contributed by atoms with Gasteiger partial charge in [0.1, 0.15) is 5.54 Å². The largest absolute Gasteiger partial charge is 0.468 e. The van der Waals surface area contributed by atoms with Gasteiger partial charge in [-0.3, -0.25) is 14.9 Å². The number of carbonyl (C=O) groups is 2. The second-order valence-electron chi connectivity index (χ2n) is 6.12. The van der Waals surface area contributed by atoms with Crippen LogP contribution in [0.25, 0.3) is 0 Å². The molecular weight excluding hydrogens is 292 g/mol. The number of hydrogen-bond acceptors (Lipinski definition) is 4. The third-order valence-electron chi connectivity index (χ3n) is 4.59. The van der Waals surface area contributed by atoms with Crippen molar-refractivity contribution in [3.63, 3.8) is 0 Å². The first-order valence-corrected chi connectivity index (χ1v) is 8.21. The van der Waals surface area contributed by atoms with Crippen LogP contribution in [0.4, 0.5) is 0 Å². The molecular formula is C18H26N2O3. The Hall–Kier alpha value is -1.88. The minimum atomic E-state index is -0.485. The van der Waals surface area contributed by atoms with Gasteiger partial charge >= 0.3 is 5.97 Å². The number of carbonyl (C=O) groups excluding carboxylic acids is 2. The Kier molecular flexibility index (Phi) is 6.16. The molecule has 1 saturated carbocycles. The van der Waals surface area contributed by atoms with Crippen LogP contribution in [0, 0.1) is 0 Å². The second-order valence-corrected chi connectivity index (χ2v) is 6.12. The van der Waals surface area contributed by atoms with Crippen molar-refractivity contribution < 1.29 is 14.3 Å². The number of aryl methyl sites for hydroxylation is 1. The molecule has 1 aliphatic rings. The average molecular weight is 318 g/mol. The topological polar surface area (TPSA) is 67.4 Å². The van der Waals surface area contributed by atoms with E-state index in [-0.39, 0.29) is 11.9 Å². The molecule has 0 bridgehead atoms. The van der Waals surface area contributed by atoms with Gasteiger partial charge in [0.05, 0.1) is 7.11 Å². The van der Waals surface area contributed by atoms with Gasteiger partial charge in [0, 0.05) is 20.0 Å². The quantitative estimate of drug-likeness (QED) is 0.719. The molecule has 23 heavy (non-hydrogen) atoms. The predicted octanol–water partition coefficient (Wildman–Crippen LogP) is 1.94. The molecule has 1 aromatic carbocycles. The Balaban J connectivity index is 1.81. The summed E-state index contributed by atoms with van der Waals surface area (Å²) in [5.74, 6) is -0.0750. The summed E-state index contributed by atoms with van der Waals surface area (Å²) in [6.45, 7) is 0.660. The number of benzene rings is 1. The molecule has 1 aliphatic carbocycles. The minimum Gasteiger partial charge on any atom is -0.468 e. The maximum absolute atomic E-state index is 11.9. The first-order chi connectivity index (χ1) is 11.1. The molecule has 0 spiro atoms. The molecule has 2 N–H and O–H groups in total. The number of hydrogen-bond donors (Lipinski definition) is 2. The molecule has 0 aromatic heterocycles. The molecule has 0 atom stereocenters. The van der Waals surface area contributed by atoms with Crippen LogP contribution in [-0.2, 0) is 27.3 Å². The van der Waals surface area contributed by atoms with Gasteiger partial charge in [0.25, 0.3) is 0 Å². The van der Waals surface area contributed by atoms with E-state index >= 15 is 0 Å². The van der Waals surface area contributed by atoms with Gasteiger partial charge in [-0.05, 0) is 43.2 Å². The number of amides is 1. The molecule has 5 nitrogen and oxygen atoms in total. The predicted molar refractivity (Wildman–Crippen MR) is 88.9 cm³/mol. The molecule has 0 aliphatic heterocycles. The van der Waals surface area contributed by atoms with Crippen LogP contribution in [-0.4, -0.2) is 31.6 Å². The van der Waals surface area contributed by atoms with Crippen molar-refractivity contribution >= 4 is 11.9 Å². The lowest BCUT2D eigenvalue weighted by Gasteiger charge is -2.39. The third kappa shape index (κ3) is 4.55. The van der Waals surface area contributed by atoms with Crippen LogP contribution >= 0.6 is 0 Å². The summed E-state index contributed by atoms with van der Waals surface area (Å²) in [7, 11) is 3.10. The van der Waals surface area contributed by atoms with E-state index in [1.807, 2.05) is 0 Å². The summed E-state index contributed by atoms with van der Waals surface area (Å²) < 4.78 is 4.90. The SMILES string of the molecule is CNC(=O)CCCc1ccc(CNC2(C(=O)OC)CCC2)cc1. The Morgan fingerprint density at radius 3 is 2.35 bits per heavy atom. The highest BCUT2D eigenvalue weighted by atomic mass is 16.5. The average Bonchev–Trinajstić information content (AvgIpc) is 2.54. The van der Waals surface area contributed by atoms with E-state index < -0.39 is 5.54 Å². The molecule has 0 saturated heterocycles. The van der Waals surface area contributed by atoms with Crippen molar-refractivity contribution in [2.45, 2.75) is 50.6 Å².